The standard InChI is InChI=1S/C11H12F2N2/c12-10-2-1-7(4-11(10)13)8-3-9(14)6-15-5-8/h1-4,9,15H,5-6,14H2. The van der Waals surface area contributed by atoms with Gasteiger partial charge in [-0.25, -0.2) is 8.78 Å². The molecule has 80 valence electrons. The molecule has 1 heterocycles. The maximum atomic E-state index is 13.0. The average Bonchev–Trinajstić information content (AvgIpc) is 2.22. The van der Waals surface area contributed by atoms with Gasteiger partial charge in [-0.1, -0.05) is 12.1 Å². The summed E-state index contributed by atoms with van der Waals surface area (Å²) in [5.41, 5.74) is 7.31. The second-order valence-corrected chi connectivity index (χ2v) is 3.62. The van der Waals surface area contributed by atoms with Gasteiger partial charge in [-0.15, -0.1) is 0 Å². The summed E-state index contributed by atoms with van der Waals surface area (Å²) in [6.45, 7) is 1.35. The van der Waals surface area contributed by atoms with Crippen molar-refractivity contribution in [2.24, 2.45) is 5.73 Å². The van der Waals surface area contributed by atoms with Crippen LogP contribution in [0.5, 0.6) is 0 Å². The molecule has 2 rings (SSSR count). The molecule has 4 heteroatoms. The van der Waals surface area contributed by atoms with Crippen molar-refractivity contribution in [1.29, 1.82) is 0 Å². The van der Waals surface area contributed by atoms with E-state index in [0.717, 1.165) is 11.6 Å². The molecule has 15 heavy (non-hydrogen) atoms. The van der Waals surface area contributed by atoms with Crippen molar-refractivity contribution < 1.29 is 8.78 Å². The van der Waals surface area contributed by atoms with Gasteiger partial charge in [-0.05, 0) is 23.3 Å². The van der Waals surface area contributed by atoms with E-state index in [4.69, 9.17) is 5.73 Å². The number of nitrogens with two attached hydrogens (primary N) is 1. The third-order valence-corrected chi connectivity index (χ3v) is 2.40. The minimum absolute atomic E-state index is 0.0677. The van der Waals surface area contributed by atoms with E-state index in [9.17, 15) is 8.78 Å². The molecule has 1 unspecified atom stereocenters. The predicted octanol–water partition coefficient (Wildman–Crippen LogP) is 1.28. The van der Waals surface area contributed by atoms with Crippen LogP contribution in [-0.4, -0.2) is 19.1 Å². The lowest BCUT2D eigenvalue weighted by molar-refractivity contribution is 0.508. The molecule has 0 bridgehead atoms. The second-order valence-electron chi connectivity index (χ2n) is 3.62. The zero-order valence-electron chi connectivity index (χ0n) is 8.13. The first-order valence-electron chi connectivity index (χ1n) is 4.79. The topological polar surface area (TPSA) is 38.0 Å². The first-order valence-corrected chi connectivity index (χ1v) is 4.79. The number of hydrogen-bond acceptors (Lipinski definition) is 2. The number of nitrogens with one attached hydrogen (secondary N) is 1. The number of hydrogen-bond donors (Lipinski definition) is 2. The van der Waals surface area contributed by atoms with Crippen molar-refractivity contribution in [1.82, 2.24) is 5.32 Å². The molecule has 0 aliphatic carbocycles. The molecule has 0 radical (unpaired) electrons. The molecule has 1 atom stereocenters. The minimum atomic E-state index is -0.826. The summed E-state index contributed by atoms with van der Waals surface area (Å²) in [6.07, 6.45) is 1.88. The highest BCUT2D eigenvalue weighted by Crippen LogP contribution is 2.18. The quantitative estimate of drug-likeness (QED) is 0.732. The summed E-state index contributed by atoms with van der Waals surface area (Å²) < 4.78 is 25.7. The Balaban J connectivity index is 2.33. The van der Waals surface area contributed by atoms with E-state index in [1.54, 1.807) is 6.07 Å². The summed E-state index contributed by atoms with van der Waals surface area (Å²) in [7, 11) is 0. The number of benzene rings is 1. The lowest BCUT2D eigenvalue weighted by atomic mass is 10.0. The first-order chi connectivity index (χ1) is 7.16. The van der Waals surface area contributed by atoms with Gasteiger partial charge in [0.2, 0.25) is 0 Å². The van der Waals surface area contributed by atoms with E-state index in [1.165, 1.54) is 6.07 Å². The van der Waals surface area contributed by atoms with Crippen molar-refractivity contribution in [3.63, 3.8) is 0 Å². The van der Waals surface area contributed by atoms with Gasteiger partial charge in [0.1, 0.15) is 0 Å². The van der Waals surface area contributed by atoms with E-state index < -0.39 is 11.6 Å². The largest absolute Gasteiger partial charge is 0.323 e. The monoisotopic (exact) mass is 210 g/mol. The van der Waals surface area contributed by atoms with Crippen LogP contribution in [0.1, 0.15) is 5.56 Å². The lowest BCUT2D eigenvalue weighted by Crippen LogP contribution is -2.37. The maximum absolute atomic E-state index is 13.0. The third-order valence-electron chi connectivity index (χ3n) is 2.40. The molecule has 0 saturated carbocycles. The zero-order chi connectivity index (χ0) is 10.8. The summed E-state index contributed by atoms with van der Waals surface area (Å²) in [4.78, 5) is 0. The van der Waals surface area contributed by atoms with Crippen LogP contribution >= 0.6 is 0 Å². The molecule has 1 aromatic rings. The van der Waals surface area contributed by atoms with Crippen LogP contribution in [0.15, 0.2) is 24.3 Å². The van der Waals surface area contributed by atoms with Gasteiger partial charge < -0.3 is 11.1 Å². The maximum Gasteiger partial charge on any atom is 0.159 e. The summed E-state index contributed by atoms with van der Waals surface area (Å²) >= 11 is 0. The third kappa shape index (κ3) is 2.22. The highest BCUT2D eigenvalue weighted by molar-refractivity contribution is 5.68. The average molecular weight is 210 g/mol. The molecule has 0 saturated heterocycles. The van der Waals surface area contributed by atoms with Crippen molar-refractivity contribution in [3.8, 4) is 0 Å². The van der Waals surface area contributed by atoms with Gasteiger partial charge in [-0.2, -0.15) is 0 Å². The second kappa shape index (κ2) is 4.08. The number of halogens is 2. The van der Waals surface area contributed by atoms with E-state index in [0.29, 0.717) is 18.7 Å². The van der Waals surface area contributed by atoms with Crippen molar-refractivity contribution in [2.45, 2.75) is 6.04 Å². The van der Waals surface area contributed by atoms with Gasteiger partial charge in [0, 0.05) is 19.1 Å². The predicted molar refractivity (Wildman–Crippen MR) is 55.2 cm³/mol. The van der Waals surface area contributed by atoms with Crippen LogP contribution in [0.25, 0.3) is 5.57 Å². The van der Waals surface area contributed by atoms with Crippen molar-refractivity contribution >= 4 is 5.57 Å². The van der Waals surface area contributed by atoms with Crippen LogP contribution < -0.4 is 11.1 Å². The Morgan fingerprint density at radius 3 is 2.73 bits per heavy atom. The molecular weight excluding hydrogens is 198 g/mol. The molecule has 2 nitrogen and oxygen atoms in total. The Morgan fingerprint density at radius 1 is 1.27 bits per heavy atom. The molecular formula is C11H12F2N2. The number of rotatable bonds is 1. The highest BCUT2D eigenvalue weighted by Gasteiger charge is 2.12. The van der Waals surface area contributed by atoms with Crippen LogP contribution in [0, 0.1) is 11.6 Å². The molecule has 0 amide bonds. The van der Waals surface area contributed by atoms with Gasteiger partial charge in [-0.3, -0.25) is 0 Å². The van der Waals surface area contributed by atoms with E-state index in [-0.39, 0.29) is 6.04 Å². The Hall–Kier alpha value is -1.26. The zero-order valence-corrected chi connectivity index (χ0v) is 8.13. The minimum Gasteiger partial charge on any atom is -0.323 e. The normalized spacial score (nSPS) is 21.3. The fraction of sp³-hybridized carbons (Fsp3) is 0.273. The molecule has 0 fully saturated rings. The first kappa shape index (κ1) is 10.3. The van der Waals surface area contributed by atoms with Crippen molar-refractivity contribution in [3.05, 3.63) is 41.5 Å². The van der Waals surface area contributed by atoms with Gasteiger partial charge in [0.05, 0.1) is 0 Å². The molecule has 0 spiro atoms. The SMILES string of the molecule is NC1C=C(c2ccc(F)c(F)c2)CNC1. The molecule has 1 aromatic carbocycles. The van der Waals surface area contributed by atoms with Crippen LogP contribution in [0.3, 0.4) is 0 Å². The Kier molecular flexibility index (Phi) is 2.79. The van der Waals surface area contributed by atoms with E-state index >= 15 is 0 Å². The van der Waals surface area contributed by atoms with Crippen LogP contribution in [0.4, 0.5) is 8.78 Å². The smallest absolute Gasteiger partial charge is 0.159 e. The van der Waals surface area contributed by atoms with E-state index in [1.807, 2.05) is 6.08 Å². The van der Waals surface area contributed by atoms with E-state index in [2.05, 4.69) is 5.32 Å². The lowest BCUT2D eigenvalue weighted by Gasteiger charge is -2.19. The van der Waals surface area contributed by atoms with Crippen molar-refractivity contribution in [2.75, 3.05) is 13.1 Å². The van der Waals surface area contributed by atoms with Crippen LogP contribution in [0.2, 0.25) is 0 Å². The summed E-state index contributed by atoms with van der Waals surface area (Å²) in [5, 5.41) is 3.11. The molecule has 1 aliphatic rings. The molecule has 3 N–H and O–H groups in total. The fourth-order valence-corrected chi connectivity index (χ4v) is 1.64. The van der Waals surface area contributed by atoms with Gasteiger partial charge in [0.25, 0.3) is 0 Å². The fourth-order valence-electron chi connectivity index (χ4n) is 1.64. The van der Waals surface area contributed by atoms with Gasteiger partial charge in [0.15, 0.2) is 11.6 Å². The molecule has 0 aromatic heterocycles. The highest BCUT2D eigenvalue weighted by atomic mass is 19.2. The van der Waals surface area contributed by atoms with Crippen LogP contribution in [-0.2, 0) is 0 Å². The summed E-state index contributed by atoms with van der Waals surface area (Å²) in [6, 6.07) is 3.82. The van der Waals surface area contributed by atoms with Gasteiger partial charge >= 0.3 is 0 Å². The summed E-state index contributed by atoms with van der Waals surface area (Å²) in [5.74, 6) is -1.65. The molecule has 1 aliphatic heterocycles. The Bertz CT molecular complexity index is 402. The Labute approximate surface area is 86.8 Å². The Morgan fingerprint density at radius 2 is 2.07 bits per heavy atom.